The van der Waals surface area contributed by atoms with E-state index in [1.165, 1.54) is 32.4 Å². The molecule has 2 aromatic carbocycles. The van der Waals surface area contributed by atoms with Crippen LogP contribution >= 0.6 is 0 Å². The van der Waals surface area contributed by atoms with Crippen molar-refractivity contribution in [3.05, 3.63) is 66.2 Å². The Labute approximate surface area is 174 Å². The third-order valence-electron chi connectivity index (χ3n) is 3.91. The molecule has 2 aromatic rings. The minimum atomic E-state index is -0.606. The van der Waals surface area contributed by atoms with Crippen molar-refractivity contribution in [3.63, 3.8) is 0 Å². The van der Waals surface area contributed by atoms with E-state index >= 15 is 0 Å². The summed E-state index contributed by atoms with van der Waals surface area (Å²) in [7, 11) is 2.71. The molecule has 2 rings (SSSR count). The van der Waals surface area contributed by atoms with Gasteiger partial charge in [-0.25, -0.2) is 4.79 Å². The first-order chi connectivity index (χ1) is 14.4. The highest BCUT2D eigenvalue weighted by molar-refractivity contribution is 5.87. The molecule has 0 radical (unpaired) electrons. The van der Waals surface area contributed by atoms with Gasteiger partial charge in [-0.3, -0.25) is 9.59 Å². The first-order valence-corrected chi connectivity index (χ1v) is 9.03. The Morgan fingerprint density at radius 1 is 0.867 bits per heavy atom. The predicted octanol–water partition coefficient (Wildman–Crippen LogP) is 3.82. The van der Waals surface area contributed by atoms with Crippen LogP contribution in [-0.4, -0.2) is 32.1 Å². The highest BCUT2D eigenvalue weighted by atomic mass is 16.6. The van der Waals surface area contributed by atoms with Crippen LogP contribution in [0, 0.1) is 0 Å². The molecule has 7 heteroatoms. The van der Waals surface area contributed by atoms with Crippen molar-refractivity contribution in [1.29, 1.82) is 0 Å². The number of esters is 3. The van der Waals surface area contributed by atoms with Crippen LogP contribution in [0.4, 0.5) is 0 Å². The molecule has 0 heterocycles. The number of methoxy groups -OCH3 is 2. The molecule has 0 amide bonds. The average molecular weight is 410 g/mol. The van der Waals surface area contributed by atoms with Gasteiger partial charge in [-0.15, -0.1) is 0 Å². The van der Waals surface area contributed by atoms with Gasteiger partial charge in [0.1, 0.15) is 5.75 Å². The number of ether oxygens (including phenoxy) is 4. The monoisotopic (exact) mass is 410 g/mol. The minimum Gasteiger partial charge on any atom is -0.493 e. The maximum absolute atomic E-state index is 12.1. The molecule has 156 valence electrons. The molecular weight excluding hydrogens is 388 g/mol. The fourth-order valence-corrected chi connectivity index (χ4v) is 2.34. The van der Waals surface area contributed by atoms with Crippen LogP contribution in [0.2, 0.25) is 0 Å². The average Bonchev–Trinajstić information content (AvgIpc) is 2.77. The van der Waals surface area contributed by atoms with Gasteiger partial charge in [0, 0.05) is 6.08 Å². The van der Waals surface area contributed by atoms with Gasteiger partial charge >= 0.3 is 17.9 Å². The van der Waals surface area contributed by atoms with Crippen LogP contribution in [0.3, 0.4) is 0 Å². The van der Waals surface area contributed by atoms with Gasteiger partial charge in [0.2, 0.25) is 0 Å². The topological polar surface area (TPSA) is 88.1 Å². The van der Waals surface area contributed by atoms with Crippen molar-refractivity contribution in [1.82, 2.24) is 0 Å². The Morgan fingerprint density at radius 2 is 1.50 bits per heavy atom. The summed E-state index contributed by atoms with van der Waals surface area (Å²) < 4.78 is 20.2. The largest absolute Gasteiger partial charge is 0.493 e. The maximum atomic E-state index is 12.1. The molecule has 0 aliphatic heterocycles. The van der Waals surface area contributed by atoms with Gasteiger partial charge < -0.3 is 18.9 Å². The molecule has 0 bridgehead atoms. The van der Waals surface area contributed by atoms with Crippen LogP contribution in [0.15, 0.2) is 55.1 Å². The van der Waals surface area contributed by atoms with Crippen molar-refractivity contribution in [2.45, 2.75) is 12.8 Å². The summed E-state index contributed by atoms with van der Waals surface area (Å²) in [6.07, 6.45) is 4.19. The summed E-state index contributed by atoms with van der Waals surface area (Å²) >= 11 is 0. The lowest BCUT2D eigenvalue weighted by molar-refractivity contribution is -0.140. The van der Waals surface area contributed by atoms with E-state index in [1.807, 2.05) is 0 Å². The van der Waals surface area contributed by atoms with E-state index in [9.17, 15) is 14.4 Å². The minimum absolute atomic E-state index is 0.135. The van der Waals surface area contributed by atoms with Crippen LogP contribution < -0.4 is 14.2 Å². The third-order valence-corrected chi connectivity index (χ3v) is 3.91. The fraction of sp³-hybridized carbons (Fsp3) is 0.174. The zero-order chi connectivity index (χ0) is 21.9. The van der Waals surface area contributed by atoms with Gasteiger partial charge in [0.25, 0.3) is 0 Å². The van der Waals surface area contributed by atoms with Crippen molar-refractivity contribution >= 4 is 30.1 Å². The van der Waals surface area contributed by atoms with Gasteiger partial charge in [0.15, 0.2) is 11.5 Å². The highest BCUT2D eigenvalue weighted by Crippen LogP contribution is 2.29. The van der Waals surface area contributed by atoms with E-state index in [0.29, 0.717) is 17.1 Å². The van der Waals surface area contributed by atoms with E-state index in [2.05, 4.69) is 11.3 Å². The molecule has 0 unspecified atom stereocenters. The molecule has 0 aliphatic rings. The number of carbonyl (C=O) groups is 3. The Morgan fingerprint density at radius 3 is 2.10 bits per heavy atom. The van der Waals surface area contributed by atoms with Gasteiger partial charge in [-0.2, -0.15) is 0 Å². The number of rotatable bonds is 9. The normalized spacial score (nSPS) is 10.3. The predicted molar refractivity (Wildman–Crippen MR) is 111 cm³/mol. The van der Waals surface area contributed by atoms with Gasteiger partial charge in [-0.05, 0) is 41.5 Å². The zero-order valence-electron chi connectivity index (χ0n) is 16.8. The van der Waals surface area contributed by atoms with Crippen LogP contribution in [-0.2, 0) is 19.1 Å². The molecule has 0 fully saturated rings. The summed E-state index contributed by atoms with van der Waals surface area (Å²) in [5.41, 5.74) is 1.56. The van der Waals surface area contributed by atoms with E-state index in [1.54, 1.807) is 42.5 Å². The maximum Gasteiger partial charge on any atom is 0.330 e. The second-order valence-electron chi connectivity index (χ2n) is 5.99. The second-order valence-corrected chi connectivity index (χ2v) is 5.99. The lowest BCUT2D eigenvalue weighted by atomic mass is 10.2. The van der Waals surface area contributed by atoms with Gasteiger partial charge in [-0.1, -0.05) is 30.9 Å². The summed E-state index contributed by atoms with van der Waals surface area (Å²) in [6, 6.07) is 11.6. The molecule has 0 aliphatic carbocycles. The van der Waals surface area contributed by atoms with Crippen molar-refractivity contribution < 1.29 is 33.3 Å². The molecule has 0 spiro atoms. The molecule has 0 saturated heterocycles. The highest BCUT2D eigenvalue weighted by Gasteiger charge is 2.14. The van der Waals surface area contributed by atoms with Crippen molar-refractivity contribution in [2.24, 2.45) is 0 Å². The smallest absolute Gasteiger partial charge is 0.330 e. The zero-order valence-corrected chi connectivity index (χ0v) is 16.8. The summed E-state index contributed by atoms with van der Waals surface area (Å²) in [5.74, 6) is -0.755. The Balaban J connectivity index is 1.90. The fourth-order valence-electron chi connectivity index (χ4n) is 2.34. The molecular formula is C23H22O7. The van der Waals surface area contributed by atoms with E-state index in [0.717, 1.165) is 5.56 Å². The molecule has 0 aromatic heterocycles. The van der Waals surface area contributed by atoms with E-state index in [-0.39, 0.29) is 18.6 Å². The second kappa shape index (κ2) is 11.2. The summed E-state index contributed by atoms with van der Waals surface area (Å²) in [6.45, 7) is 3.65. The lowest BCUT2D eigenvalue weighted by Gasteiger charge is -2.10. The molecule has 0 atom stereocenters. The van der Waals surface area contributed by atoms with E-state index < -0.39 is 17.9 Å². The first-order valence-electron chi connectivity index (χ1n) is 9.03. The number of benzene rings is 2. The van der Waals surface area contributed by atoms with E-state index in [4.69, 9.17) is 14.2 Å². The SMILES string of the molecule is C=Cc1ccc(OC(=O)CCC(=O)Oc2ccc(/C=C/C(=O)OC)cc2OC)cc1. The Kier molecular flexibility index (Phi) is 8.38. The first kappa shape index (κ1) is 22.4. The number of hydrogen-bond acceptors (Lipinski definition) is 7. The Bertz CT molecular complexity index is 943. The van der Waals surface area contributed by atoms with Crippen LogP contribution in [0.25, 0.3) is 12.2 Å². The molecule has 0 saturated carbocycles. The number of carbonyl (C=O) groups excluding carboxylic acids is 3. The van der Waals surface area contributed by atoms with Crippen LogP contribution in [0.5, 0.6) is 17.2 Å². The lowest BCUT2D eigenvalue weighted by Crippen LogP contribution is -2.14. The molecule has 0 N–H and O–H groups in total. The molecule has 7 nitrogen and oxygen atoms in total. The quantitative estimate of drug-likeness (QED) is 0.353. The Hall–Kier alpha value is -3.87. The van der Waals surface area contributed by atoms with Crippen molar-refractivity contribution in [2.75, 3.05) is 14.2 Å². The summed E-state index contributed by atoms with van der Waals surface area (Å²) in [5, 5.41) is 0. The van der Waals surface area contributed by atoms with Crippen molar-refractivity contribution in [3.8, 4) is 17.2 Å². The third kappa shape index (κ3) is 6.94. The standard InChI is InChI=1S/C23H22O7/c1-4-16-5-9-18(10-6-16)29-22(25)13-14-23(26)30-19-11-7-17(15-20(19)27-2)8-12-21(24)28-3/h4-12,15H,1,13-14H2,2-3H3/b12-8+. The number of hydrogen-bond donors (Lipinski definition) is 0. The van der Waals surface area contributed by atoms with Gasteiger partial charge in [0.05, 0.1) is 27.1 Å². The van der Waals surface area contributed by atoms with Crippen LogP contribution in [0.1, 0.15) is 24.0 Å². The summed E-state index contributed by atoms with van der Waals surface area (Å²) in [4.78, 5) is 35.2. The molecule has 30 heavy (non-hydrogen) atoms.